The molecule has 0 fully saturated rings. The molecule has 0 aliphatic rings. The topological polar surface area (TPSA) is 145 Å². The van der Waals surface area contributed by atoms with Crippen molar-refractivity contribution in [2.45, 2.75) is 24.8 Å². The van der Waals surface area contributed by atoms with Crippen LogP contribution in [0.4, 0.5) is 4.39 Å². The van der Waals surface area contributed by atoms with Crippen LogP contribution >= 0.6 is 0 Å². The molecular formula is C15H22FN5O5S. The molecule has 1 rings (SSSR count). The standard InChI is InChI=1S/C15H22FN5O5S/c1-11(2)14(15(22)19-23)21(9-8-18-20-17)27(24,25)13-5-3-12(4-6-13)26-10-7-16/h3-6,11,14,23H,7-10H2,1-2H3,(H,19,22)/t14-/m1/s1. The van der Waals surface area contributed by atoms with Crippen molar-refractivity contribution in [1.82, 2.24) is 9.79 Å². The molecule has 0 radical (unpaired) electrons. The van der Waals surface area contributed by atoms with E-state index in [4.69, 9.17) is 15.5 Å². The number of hydrogen-bond acceptors (Lipinski definition) is 6. The van der Waals surface area contributed by atoms with Gasteiger partial charge in [-0.1, -0.05) is 19.0 Å². The molecule has 0 unspecified atom stereocenters. The Kier molecular flexibility index (Phi) is 8.95. The first kappa shape index (κ1) is 22.6. The Hall–Kier alpha value is -2.40. The van der Waals surface area contributed by atoms with E-state index in [0.717, 1.165) is 4.31 Å². The van der Waals surface area contributed by atoms with Crippen molar-refractivity contribution in [1.29, 1.82) is 0 Å². The average Bonchev–Trinajstić information content (AvgIpc) is 2.65. The summed E-state index contributed by atoms with van der Waals surface area (Å²) in [5.74, 6) is -1.09. The van der Waals surface area contributed by atoms with E-state index in [1.54, 1.807) is 13.8 Å². The Bertz CT molecular complexity index is 765. The Morgan fingerprint density at radius 2 is 2.04 bits per heavy atom. The number of nitrogens with one attached hydrogen (secondary N) is 1. The van der Waals surface area contributed by atoms with Crippen LogP contribution in [0.3, 0.4) is 0 Å². The van der Waals surface area contributed by atoms with E-state index >= 15 is 0 Å². The van der Waals surface area contributed by atoms with Crippen LogP contribution < -0.4 is 10.2 Å². The molecule has 10 nitrogen and oxygen atoms in total. The van der Waals surface area contributed by atoms with Gasteiger partial charge in [0.1, 0.15) is 25.1 Å². The fourth-order valence-corrected chi connectivity index (χ4v) is 4.14. The second-order valence-corrected chi connectivity index (χ2v) is 7.63. The van der Waals surface area contributed by atoms with Crippen molar-refractivity contribution in [2.24, 2.45) is 11.0 Å². The zero-order chi connectivity index (χ0) is 20.4. The number of hydrogen-bond donors (Lipinski definition) is 2. The van der Waals surface area contributed by atoms with Gasteiger partial charge in [-0.25, -0.2) is 18.3 Å². The fraction of sp³-hybridized carbons (Fsp3) is 0.533. The number of alkyl halides is 1. The van der Waals surface area contributed by atoms with Crippen LogP contribution in [0.1, 0.15) is 13.8 Å². The van der Waals surface area contributed by atoms with Gasteiger partial charge in [-0.2, -0.15) is 4.31 Å². The number of hydroxylamine groups is 1. The van der Waals surface area contributed by atoms with E-state index in [9.17, 15) is 17.6 Å². The number of benzene rings is 1. The number of nitrogens with zero attached hydrogens (tertiary/aromatic N) is 4. The molecule has 0 aliphatic carbocycles. The highest BCUT2D eigenvalue weighted by molar-refractivity contribution is 7.89. The first-order valence-electron chi connectivity index (χ1n) is 8.05. The number of sulfonamides is 1. The van der Waals surface area contributed by atoms with Gasteiger partial charge in [-0.05, 0) is 35.7 Å². The first-order valence-corrected chi connectivity index (χ1v) is 9.49. The van der Waals surface area contributed by atoms with E-state index in [1.165, 1.54) is 29.7 Å². The Labute approximate surface area is 156 Å². The number of carbonyl (C=O) groups excluding carboxylic acids is 1. The molecular weight excluding hydrogens is 381 g/mol. The Morgan fingerprint density at radius 1 is 1.41 bits per heavy atom. The summed E-state index contributed by atoms with van der Waals surface area (Å²) in [7, 11) is -4.17. The van der Waals surface area contributed by atoms with Crippen molar-refractivity contribution < 1.29 is 27.5 Å². The quantitative estimate of drug-likeness (QED) is 0.190. The molecule has 12 heteroatoms. The van der Waals surface area contributed by atoms with Crippen LogP contribution in [0.15, 0.2) is 34.3 Å². The maximum Gasteiger partial charge on any atom is 0.262 e. The molecule has 0 spiro atoms. The van der Waals surface area contributed by atoms with Gasteiger partial charge in [0.15, 0.2) is 0 Å². The van der Waals surface area contributed by atoms with E-state index in [-0.39, 0.29) is 24.6 Å². The third-order valence-electron chi connectivity index (χ3n) is 3.58. The summed E-state index contributed by atoms with van der Waals surface area (Å²) in [6, 6.07) is 4.03. The second kappa shape index (κ2) is 10.7. The molecule has 1 aromatic carbocycles. The highest BCUT2D eigenvalue weighted by atomic mass is 32.2. The van der Waals surface area contributed by atoms with Gasteiger partial charge < -0.3 is 4.74 Å². The molecule has 150 valence electrons. The highest BCUT2D eigenvalue weighted by Crippen LogP contribution is 2.24. The van der Waals surface area contributed by atoms with Gasteiger partial charge in [0.2, 0.25) is 10.0 Å². The van der Waals surface area contributed by atoms with Crippen LogP contribution in [0.25, 0.3) is 10.4 Å². The number of ether oxygens (including phenoxy) is 1. The summed E-state index contributed by atoms with van der Waals surface area (Å²) >= 11 is 0. The predicted octanol–water partition coefficient (Wildman–Crippen LogP) is 1.87. The van der Waals surface area contributed by atoms with Crippen molar-refractivity contribution >= 4 is 15.9 Å². The SMILES string of the molecule is CC(C)[C@H](C(=O)NO)N(CCN=[N+]=[N-])S(=O)(=O)c1ccc(OCCF)cc1. The smallest absolute Gasteiger partial charge is 0.262 e. The maximum atomic E-state index is 13.0. The zero-order valence-corrected chi connectivity index (χ0v) is 15.8. The average molecular weight is 403 g/mol. The largest absolute Gasteiger partial charge is 0.491 e. The van der Waals surface area contributed by atoms with E-state index in [2.05, 4.69) is 10.0 Å². The van der Waals surface area contributed by atoms with Crippen LogP contribution in [-0.4, -0.2) is 56.3 Å². The summed E-state index contributed by atoms with van der Waals surface area (Å²) < 4.78 is 44.2. The number of amides is 1. The number of rotatable bonds is 11. The molecule has 0 saturated carbocycles. The zero-order valence-electron chi connectivity index (χ0n) is 14.9. The fourth-order valence-electron chi connectivity index (χ4n) is 2.43. The summed E-state index contributed by atoms with van der Waals surface area (Å²) in [5.41, 5.74) is 9.90. The third kappa shape index (κ3) is 6.07. The van der Waals surface area contributed by atoms with Crippen LogP contribution in [0.5, 0.6) is 5.75 Å². The molecule has 0 bridgehead atoms. The number of halogens is 1. The van der Waals surface area contributed by atoms with Crippen LogP contribution in [0.2, 0.25) is 0 Å². The highest BCUT2D eigenvalue weighted by Gasteiger charge is 2.37. The number of carbonyl (C=O) groups is 1. The number of azide groups is 1. The lowest BCUT2D eigenvalue weighted by Crippen LogP contribution is -2.52. The Balaban J connectivity index is 3.27. The van der Waals surface area contributed by atoms with Crippen LogP contribution in [-0.2, 0) is 14.8 Å². The van der Waals surface area contributed by atoms with Gasteiger partial charge in [0.05, 0.1) is 4.90 Å². The summed E-state index contributed by atoms with van der Waals surface area (Å²) in [4.78, 5) is 14.5. The lowest BCUT2D eigenvalue weighted by Gasteiger charge is -2.31. The van der Waals surface area contributed by atoms with Gasteiger partial charge in [-0.3, -0.25) is 10.0 Å². The summed E-state index contributed by atoms with van der Waals surface area (Å²) in [5, 5.41) is 12.3. The maximum absolute atomic E-state index is 13.0. The van der Waals surface area contributed by atoms with Crippen molar-refractivity contribution in [2.75, 3.05) is 26.4 Å². The van der Waals surface area contributed by atoms with Crippen LogP contribution in [0, 0.1) is 5.92 Å². The van der Waals surface area contributed by atoms with Gasteiger partial charge in [-0.15, -0.1) is 0 Å². The summed E-state index contributed by atoms with van der Waals surface area (Å²) in [6.45, 7) is 1.93. The van der Waals surface area contributed by atoms with Gasteiger partial charge in [0.25, 0.3) is 5.91 Å². The minimum absolute atomic E-state index is 0.132. The van der Waals surface area contributed by atoms with E-state index in [0.29, 0.717) is 5.75 Å². The lowest BCUT2D eigenvalue weighted by atomic mass is 10.0. The lowest BCUT2D eigenvalue weighted by molar-refractivity contribution is -0.134. The predicted molar refractivity (Wildman–Crippen MR) is 94.4 cm³/mol. The second-order valence-electron chi connectivity index (χ2n) is 5.74. The molecule has 2 N–H and O–H groups in total. The molecule has 1 amide bonds. The Morgan fingerprint density at radius 3 is 2.52 bits per heavy atom. The van der Waals surface area contributed by atoms with Crippen molar-refractivity contribution in [3.8, 4) is 5.75 Å². The molecule has 1 atom stereocenters. The van der Waals surface area contributed by atoms with E-state index in [1.807, 2.05) is 0 Å². The molecule has 0 aliphatic heterocycles. The molecule has 0 aromatic heterocycles. The minimum Gasteiger partial charge on any atom is -0.491 e. The third-order valence-corrected chi connectivity index (χ3v) is 5.48. The van der Waals surface area contributed by atoms with E-state index < -0.39 is 34.6 Å². The minimum atomic E-state index is -4.17. The molecule has 27 heavy (non-hydrogen) atoms. The monoisotopic (exact) mass is 403 g/mol. The normalized spacial score (nSPS) is 12.5. The molecule has 0 heterocycles. The van der Waals surface area contributed by atoms with Crippen molar-refractivity contribution in [3.63, 3.8) is 0 Å². The van der Waals surface area contributed by atoms with Gasteiger partial charge >= 0.3 is 0 Å². The summed E-state index contributed by atoms with van der Waals surface area (Å²) in [6.07, 6.45) is 0. The van der Waals surface area contributed by atoms with Crippen molar-refractivity contribution in [3.05, 3.63) is 34.7 Å². The van der Waals surface area contributed by atoms with Gasteiger partial charge in [0, 0.05) is 18.0 Å². The molecule has 0 saturated heterocycles. The first-order chi connectivity index (χ1) is 12.8. The molecule has 1 aromatic rings.